The van der Waals surface area contributed by atoms with Crippen LogP contribution in [-0.4, -0.2) is 21.3 Å². The Balaban J connectivity index is 2.92. The predicted molar refractivity (Wildman–Crippen MR) is 60.1 cm³/mol. The molecule has 5 nitrogen and oxygen atoms in total. The second kappa shape index (κ2) is 5.37. The van der Waals surface area contributed by atoms with Crippen molar-refractivity contribution in [1.29, 1.82) is 5.26 Å². The summed E-state index contributed by atoms with van der Waals surface area (Å²) in [6, 6.07) is 5.47. The molecule has 86 valence electrons. The molecule has 1 aromatic rings. The summed E-state index contributed by atoms with van der Waals surface area (Å²) in [5, 5.41) is 35.4. The molecule has 0 saturated heterocycles. The number of carboxylic acids is 1. The van der Waals surface area contributed by atoms with Crippen LogP contribution < -0.4 is 0 Å². The third-order valence-corrected chi connectivity index (χ3v) is 1.83. The molecule has 0 saturated carbocycles. The highest BCUT2D eigenvalue weighted by Gasteiger charge is 2.02. The fraction of sp³-hybridized carbons (Fsp3) is 0. The van der Waals surface area contributed by atoms with Crippen LogP contribution in [0.1, 0.15) is 5.56 Å². The lowest BCUT2D eigenvalue weighted by atomic mass is 10.1. The number of phenolic OH excluding ortho intramolecular Hbond substituents is 2. The Bertz CT molecular complexity index is 518. The van der Waals surface area contributed by atoms with E-state index in [0.29, 0.717) is 5.56 Å². The van der Waals surface area contributed by atoms with Crippen molar-refractivity contribution in [1.82, 2.24) is 0 Å². The average Bonchev–Trinajstić information content (AvgIpc) is 2.22. The molecule has 0 unspecified atom stereocenters. The van der Waals surface area contributed by atoms with Gasteiger partial charge in [-0.3, -0.25) is 0 Å². The normalized spacial score (nSPS) is 11.4. The summed E-state index contributed by atoms with van der Waals surface area (Å²) >= 11 is 0. The minimum atomic E-state index is -1.31. The third kappa shape index (κ3) is 3.72. The fourth-order valence-corrected chi connectivity index (χ4v) is 1.13. The Morgan fingerprint density at radius 1 is 1.24 bits per heavy atom. The van der Waals surface area contributed by atoms with Crippen molar-refractivity contribution < 1.29 is 20.1 Å². The van der Waals surface area contributed by atoms with Crippen LogP contribution in [0.5, 0.6) is 11.5 Å². The number of nitrogens with zero attached hydrogens (tertiary/aromatic N) is 1. The third-order valence-electron chi connectivity index (χ3n) is 1.83. The van der Waals surface area contributed by atoms with E-state index >= 15 is 0 Å². The van der Waals surface area contributed by atoms with Crippen LogP contribution in [0.4, 0.5) is 0 Å². The van der Waals surface area contributed by atoms with Gasteiger partial charge in [-0.2, -0.15) is 5.26 Å². The number of aromatic hydroxyl groups is 2. The Morgan fingerprint density at radius 3 is 2.29 bits per heavy atom. The van der Waals surface area contributed by atoms with Gasteiger partial charge >= 0.3 is 5.97 Å². The zero-order valence-corrected chi connectivity index (χ0v) is 8.66. The van der Waals surface area contributed by atoms with E-state index in [4.69, 9.17) is 10.4 Å². The quantitative estimate of drug-likeness (QED) is 0.417. The molecule has 0 radical (unpaired) electrons. The van der Waals surface area contributed by atoms with Crippen LogP contribution in [0.15, 0.2) is 35.9 Å². The van der Waals surface area contributed by atoms with Gasteiger partial charge in [-0.05, 0) is 23.8 Å². The van der Waals surface area contributed by atoms with Crippen molar-refractivity contribution in [2.45, 2.75) is 0 Å². The summed E-state index contributed by atoms with van der Waals surface area (Å²) in [6.07, 6.45) is 3.93. The molecular formula is C12H9NO4. The first-order valence-electron chi connectivity index (χ1n) is 4.57. The highest BCUT2D eigenvalue weighted by molar-refractivity contribution is 5.91. The van der Waals surface area contributed by atoms with E-state index < -0.39 is 11.5 Å². The summed E-state index contributed by atoms with van der Waals surface area (Å²) in [4.78, 5) is 10.5. The van der Waals surface area contributed by atoms with Crippen molar-refractivity contribution in [3.05, 3.63) is 41.5 Å². The van der Waals surface area contributed by atoms with Crippen molar-refractivity contribution in [2.75, 3.05) is 0 Å². The van der Waals surface area contributed by atoms with E-state index in [0.717, 1.165) is 6.08 Å². The number of rotatable bonds is 3. The average molecular weight is 231 g/mol. The van der Waals surface area contributed by atoms with Crippen LogP contribution in [-0.2, 0) is 4.79 Å². The SMILES string of the molecule is N#C/C(=C\C=C\c1cc(O)cc(O)c1)C(=O)O. The van der Waals surface area contributed by atoms with E-state index in [1.54, 1.807) is 0 Å². The number of hydrogen-bond donors (Lipinski definition) is 3. The molecule has 0 aromatic heterocycles. The van der Waals surface area contributed by atoms with Crippen LogP contribution in [0.25, 0.3) is 6.08 Å². The van der Waals surface area contributed by atoms with E-state index in [2.05, 4.69) is 0 Å². The molecule has 0 spiro atoms. The van der Waals surface area contributed by atoms with Gasteiger partial charge < -0.3 is 15.3 Å². The standard InChI is InChI=1S/C12H9NO4/c13-7-9(12(16)17)3-1-2-8-4-10(14)6-11(15)5-8/h1-6,14-15H,(H,16,17)/b2-1+,9-3+. The minimum Gasteiger partial charge on any atom is -0.508 e. The minimum absolute atomic E-state index is 0.104. The summed E-state index contributed by atoms with van der Waals surface area (Å²) in [5.41, 5.74) is 0.0899. The van der Waals surface area contributed by atoms with Crippen LogP contribution in [0.3, 0.4) is 0 Å². The number of carboxylic acid groups (broad SMARTS) is 1. The van der Waals surface area contributed by atoms with E-state index in [-0.39, 0.29) is 11.5 Å². The maximum atomic E-state index is 10.5. The second-order valence-corrected chi connectivity index (χ2v) is 3.14. The molecule has 0 amide bonds. The maximum Gasteiger partial charge on any atom is 0.346 e. The molecule has 3 N–H and O–H groups in total. The number of hydrogen-bond acceptors (Lipinski definition) is 4. The van der Waals surface area contributed by atoms with Gasteiger partial charge in [0.25, 0.3) is 0 Å². The monoisotopic (exact) mass is 231 g/mol. The lowest BCUT2D eigenvalue weighted by molar-refractivity contribution is -0.132. The number of aliphatic carboxylic acids is 1. The lowest BCUT2D eigenvalue weighted by Gasteiger charge is -1.97. The Labute approximate surface area is 97.2 Å². The fourth-order valence-electron chi connectivity index (χ4n) is 1.13. The number of allylic oxidation sites excluding steroid dienone is 2. The first-order chi connectivity index (χ1) is 8.02. The van der Waals surface area contributed by atoms with Crippen molar-refractivity contribution in [3.63, 3.8) is 0 Å². The highest BCUT2D eigenvalue weighted by atomic mass is 16.4. The molecule has 5 heteroatoms. The van der Waals surface area contributed by atoms with Gasteiger partial charge in [-0.25, -0.2) is 4.79 Å². The van der Waals surface area contributed by atoms with Gasteiger partial charge in [0.05, 0.1) is 0 Å². The summed E-state index contributed by atoms with van der Waals surface area (Å²) in [7, 11) is 0. The predicted octanol–water partition coefficient (Wildman–Crippen LogP) is 1.65. The molecule has 0 atom stereocenters. The number of phenols is 2. The zero-order chi connectivity index (χ0) is 12.8. The van der Waals surface area contributed by atoms with Crippen LogP contribution in [0.2, 0.25) is 0 Å². The smallest absolute Gasteiger partial charge is 0.346 e. The van der Waals surface area contributed by atoms with E-state index in [1.165, 1.54) is 36.4 Å². The van der Waals surface area contributed by atoms with Crippen LogP contribution in [0, 0.1) is 11.3 Å². The lowest BCUT2D eigenvalue weighted by Crippen LogP contribution is -1.96. The van der Waals surface area contributed by atoms with Crippen LogP contribution >= 0.6 is 0 Å². The zero-order valence-electron chi connectivity index (χ0n) is 8.66. The molecule has 0 aliphatic carbocycles. The second-order valence-electron chi connectivity index (χ2n) is 3.14. The number of nitriles is 1. The largest absolute Gasteiger partial charge is 0.508 e. The van der Waals surface area contributed by atoms with E-state index in [9.17, 15) is 15.0 Å². The Kier molecular flexibility index (Phi) is 3.90. The molecule has 0 aliphatic heterocycles. The van der Waals surface area contributed by atoms with Crippen molar-refractivity contribution in [3.8, 4) is 17.6 Å². The highest BCUT2D eigenvalue weighted by Crippen LogP contribution is 2.21. The van der Waals surface area contributed by atoms with Gasteiger partial charge in [0.15, 0.2) is 0 Å². The number of carbonyl (C=O) groups is 1. The topological polar surface area (TPSA) is 102 Å². The molecule has 0 aliphatic rings. The van der Waals surface area contributed by atoms with Gasteiger partial charge in [-0.15, -0.1) is 0 Å². The molecule has 0 heterocycles. The first kappa shape index (κ1) is 12.3. The molecule has 0 fully saturated rings. The molecule has 1 rings (SSSR count). The number of benzene rings is 1. The van der Waals surface area contributed by atoms with Gasteiger partial charge in [0.1, 0.15) is 23.1 Å². The summed E-state index contributed by atoms with van der Waals surface area (Å²) in [5.74, 6) is -1.52. The van der Waals surface area contributed by atoms with E-state index in [1.807, 2.05) is 0 Å². The van der Waals surface area contributed by atoms with Gasteiger partial charge in [-0.1, -0.05) is 12.2 Å². The molecule has 0 bridgehead atoms. The maximum absolute atomic E-state index is 10.5. The molecule has 1 aromatic carbocycles. The van der Waals surface area contributed by atoms with Crippen molar-refractivity contribution in [2.24, 2.45) is 0 Å². The summed E-state index contributed by atoms with van der Waals surface area (Å²) in [6.45, 7) is 0. The van der Waals surface area contributed by atoms with Crippen molar-refractivity contribution >= 4 is 12.0 Å². The van der Waals surface area contributed by atoms with Gasteiger partial charge in [0, 0.05) is 6.07 Å². The molecule has 17 heavy (non-hydrogen) atoms. The first-order valence-corrected chi connectivity index (χ1v) is 4.57. The van der Waals surface area contributed by atoms with Gasteiger partial charge in [0.2, 0.25) is 0 Å². The summed E-state index contributed by atoms with van der Waals surface area (Å²) < 4.78 is 0. The molecular weight excluding hydrogens is 222 g/mol. The Morgan fingerprint density at radius 2 is 1.82 bits per heavy atom. The Hall–Kier alpha value is -2.74.